The van der Waals surface area contributed by atoms with Gasteiger partial charge in [-0.25, -0.2) is 18.0 Å². The minimum Gasteiger partial charge on any atom is -0.497 e. The van der Waals surface area contributed by atoms with Gasteiger partial charge in [0.2, 0.25) is 0 Å². The summed E-state index contributed by atoms with van der Waals surface area (Å²) < 4.78 is 36.1. The maximum Gasteiger partial charge on any atom is 0.338 e. The van der Waals surface area contributed by atoms with Crippen LogP contribution in [0.1, 0.15) is 18.5 Å². The largest absolute Gasteiger partial charge is 0.497 e. The number of carbonyl (C=O) groups is 2. The summed E-state index contributed by atoms with van der Waals surface area (Å²) in [4.78, 5) is 25.0. The van der Waals surface area contributed by atoms with Gasteiger partial charge < -0.3 is 20.1 Å². The van der Waals surface area contributed by atoms with Crippen molar-refractivity contribution in [2.45, 2.75) is 17.2 Å². The van der Waals surface area contributed by atoms with E-state index in [0.29, 0.717) is 11.3 Å². The fraction of sp³-hybridized carbons (Fsp3) is 0.263. The number of amides is 2. The Hall–Kier alpha value is -2.85. The van der Waals surface area contributed by atoms with E-state index in [1.807, 2.05) is 0 Å². The van der Waals surface area contributed by atoms with Gasteiger partial charge in [-0.1, -0.05) is 18.2 Å². The second kappa shape index (κ2) is 8.66. The van der Waals surface area contributed by atoms with Crippen LogP contribution in [0.25, 0.3) is 0 Å². The Balaban J connectivity index is 2.10. The number of methoxy groups -OCH3 is 1. The molecule has 2 amide bonds. The molecule has 1 aliphatic rings. The second-order valence-electron chi connectivity index (χ2n) is 6.11. The zero-order valence-corrected chi connectivity index (χ0v) is 17.4. The highest BCUT2D eigenvalue weighted by Crippen LogP contribution is 2.31. The van der Waals surface area contributed by atoms with E-state index in [-0.39, 0.29) is 22.1 Å². The molecule has 2 heterocycles. The molecule has 1 aromatic heterocycles. The number of hydrogen-bond donors (Lipinski definition) is 2. The van der Waals surface area contributed by atoms with Crippen LogP contribution in [0.5, 0.6) is 5.75 Å². The van der Waals surface area contributed by atoms with Crippen LogP contribution in [0.4, 0.5) is 4.79 Å². The van der Waals surface area contributed by atoms with Crippen molar-refractivity contribution in [3.8, 4) is 5.75 Å². The monoisotopic (exact) mass is 436 g/mol. The van der Waals surface area contributed by atoms with Crippen LogP contribution in [0, 0.1) is 0 Å². The van der Waals surface area contributed by atoms with Crippen molar-refractivity contribution >= 4 is 33.2 Å². The van der Waals surface area contributed by atoms with E-state index in [2.05, 4.69) is 10.6 Å². The summed E-state index contributed by atoms with van der Waals surface area (Å²) in [6, 6.07) is 8.43. The maximum absolute atomic E-state index is 12.8. The molecular formula is C19H20N2O6S2. The van der Waals surface area contributed by atoms with Crippen LogP contribution in [0.15, 0.2) is 57.3 Å². The van der Waals surface area contributed by atoms with Crippen LogP contribution in [0.2, 0.25) is 0 Å². The molecule has 0 bridgehead atoms. The topological polar surface area (TPSA) is 111 Å². The summed E-state index contributed by atoms with van der Waals surface area (Å²) in [5, 5.41) is 6.79. The lowest BCUT2D eigenvalue weighted by Crippen LogP contribution is -2.47. The van der Waals surface area contributed by atoms with Crippen molar-refractivity contribution < 1.29 is 27.5 Å². The molecule has 0 saturated carbocycles. The number of urea groups is 1. The Labute approximate surface area is 172 Å². The first-order valence-electron chi connectivity index (χ1n) is 8.73. The Morgan fingerprint density at radius 3 is 2.69 bits per heavy atom. The van der Waals surface area contributed by atoms with Crippen molar-refractivity contribution in [1.82, 2.24) is 10.6 Å². The van der Waals surface area contributed by atoms with Gasteiger partial charge >= 0.3 is 12.0 Å². The summed E-state index contributed by atoms with van der Waals surface area (Å²) in [6.45, 7) is 1.75. The van der Waals surface area contributed by atoms with E-state index in [9.17, 15) is 18.0 Å². The molecule has 0 fully saturated rings. The molecule has 8 nitrogen and oxygen atoms in total. The average Bonchev–Trinajstić information content (AvgIpc) is 3.23. The standard InChI is InChI=1S/C19H20N2O6S2/c1-3-27-18(22)16-14(11-29(24,25)15-8-5-9-28-15)20-19(23)21-17(16)12-6-4-7-13(10-12)26-2/h4-10,17H,3,11H2,1-2H3,(H2,20,21,23)/t17-/m1/s1. The third kappa shape index (κ3) is 4.60. The number of benzene rings is 1. The molecule has 29 heavy (non-hydrogen) atoms. The van der Waals surface area contributed by atoms with E-state index in [4.69, 9.17) is 9.47 Å². The average molecular weight is 437 g/mol. The third-order valence-corrected chi connectivity index (χ3v) is 7.34. The van der Waals surface area contributed by atoms with Crippen molar-refractivity contribution in [2.75, 3.05) is 19.5 Å². The summed E-state index contributed by atoms with van der Waals surface area (Å²) in [6.07, 6.45) is 0. The molecule has 154 valence electrons. The molecular weight excluding hydrogens is 416 g/mol. The van der Waals surface area contributed by atoms with Crippen LogP contribution in [0.3, 0.4) is 0 Å². The summed E-state index contributed by atoms with van der Waals surface area (Å²) in [5.41, 5.74) is 0.599. The Morgan fingerprint density at radius 1 is 1.24 bits per heavy atom. The molecule has 2 N–H and O–H groups in total. The molecule has 10 heteroatoms. The predicted molar refractivity (Wildman–Crippen MR) is 107 cm³/mol. The molecule has 0 aliphatic carbocycles. The third-order valence-electron chi connectivity index (χ3n) is 4.21. The predicted octanol–water partition coefficient (Wildman–Crippen LogP) is 2.40. The van der Waals surface area contributed by atoms with Gasteiger partial charge in [0.1, 0.15) is 9.96 Å². The highest BCUT2D eigenvalue weighted by Gasteiger charge is 2.36. The number of thiophene rings is 1. The van der Waals surface area contributed by atoms with Crippen molar-refractivity contribution in [3.63, 3.8) is 0 Å². The van der Waals surface area contributed by atoms with Crippen molar-refractivity contribution in [1.29, 1.82) is 0 Å². The molecule has 0 radical (unpaired) electrons. The summed E-state index contributed by atoms with van der Waals surface area (Å²) >= 11 is 1.07. The van der Waals surface area contributed by atoms with Gasteiger partial charge in [-0.05, 0) is 36.1 Å². The maximum atomic E-state index is 12.8. The van der Waals surface area contributed by atoms with Gasteiger partial charge in [-0.15, -0.1) is 11.3 Å². The lowest BCUT2D eigenvalue weighted by atomic mass is 9.95. The minimum absolute atomic E-state index is 0.00609. The van der Waals surface area contributed by atoms with Gasteiger partial charge in [0.05, 0.1) is 31.1 Å². The van der Waals surface area contributed by atoms with Crippen molar-refractivity contribution in [2.24, 2.45) is 0 Å². The molecule has 3 rings (SSSR count). The quantitative estimate of drug-likeness (QED) is 0.645. The Morgan fingerprint density at radius 2 is 2.03 bits per heavy atom. The van der Waals surface area contributed by atoms with Crippen LogP contribution in [-0.2, 0) is 19.4 Å². The van der Waals surface area contributed by atoms with Gasteiger partial charge in [0.15, 0.2) is 9.84 Å². The zero-order valence-electron chi connectivity index (χ0n) is 15.8. The van der Waals surface area contributed by atoms with Gasteiger partial charge in [-0.2, -0.15) is 0 Å². The lowest BCUT2D eigenvalue weighted by Gasteiger charge is -2.29. The smallest absolute Gasteiger partial charge is 0.338 e. The van der Waals surface area contributed by atoms with Crippen LogP contribution >= 0.6 is 11.3 Å². The fourth-order valence-corrected chi connectivity index (χ4v) is 5.37. The number of nitrogens with one attached hydrogen (secondary N) is 2. The molecule has 1 aliphatic heterocycles. The molecule has 0 spiro atoms. The van der Waals surface area contributed by atoms with Gasteiger partial charge in [0.25, 0.3) is 0 Å². The number of ether oxygens (including phenoxy) is 2. The number of rotatable bonds is 7. The highest BCUT2D eigenvalue weighted by molar-refractivity contribution is 7.93. The molecule has 0 saturated heterocycles. The molecule has 0 unspecified atom stereocenters. The summed E-state index contributed by atoms with van der Waals surface area (Å²) in [5.74, 6) is -0.703. The van der Waals surface area contributed by atoms with Gasteiger partial charge in [0, 0.05) is 5.70 Å². The summed E-state index contributed by atoms with van der Waals surface area (Å²) in [7, 11) is -2.25. The zero-order chi connectivity index (χ0) is 21.0. The van der Waals surface area contributed by atoms with E-state index in [1.54, 1.807) is 42.6 Å². The first kappa shape index (κ1) is 20.9. The fourth-order valence-electron chi connectivity index (χ4n) is 2.95. The number of carbonyl (C=O) groups excluding carboxylic acids is 2. The Bertz CT molecular complexity index is 1040. The molecule has 1 aromatic carbocycles. The number of hydrogen-bond acceptors (Lipinski definition) is 7. The number of sulfone groups is 1. The minimum atomic E-state index is -3.75. The van der Waals surface area contributed by atoms with E-state index in [1.165, 1.54) is 13.2 Å². The van der Waals surface area contributed by atoms with E-state index >= 15 is 0 Å². The Kier molecular flexibility index (Phi) is 6.23. The van der Waals surface area contributed by atoms with Crippen LogP contribution < -0.4 is 15.4 Å². The molecule has 2 aromatic rings. The van der Waals surface area contributed by atoms with Gasteiger partial charge in [-0.3, -0.25) is 0 Å². The second-order valence-corrected chi connectivity index (χ2v) is 9.28. The normalized spacial score (nSPS) is 16.8. The van der Waals surface area contributed by atoms with Crippen molar-refractivity contribution in [3.05, 3.63) is 58.6 Å². The molecule has 1 atom stereocenters. The highest BCUT2D eigenvalue weighted by atomic mass is 32.2. The number of esters is 1. The SMILES string of the molecule is CCOC(=O)C1=C(CS(=O)(=O)c2cccs2)NC(=O)N[C@@H]1c1cccc(OC)c1. The van der Waals surface area contributed by atoms with E-state index in [0.717, 1.165) is 11.3 Å². The first-order chi connectivity index (χ1) is 13.9. The first-order valence-corrected chi connectivity index (χ1v) is 11.3. The lowest BCUT2D eigenvalue weighted by molar-refractivity contribution is -0.139. The van der Waals surface area contributed by atoms with E-state index < -0.39 is 33.6 Å². The van der Waals surface area contributed by atoms with Crippen LogP contribution in [-0.4, -0.2) is 39.9 Å².